The van der Waals surface area contributed by atoms with Gasteiger partial charge in [0.05, 0.1) is 6.57 Å². The number of carboxylic acid groups (broad SMARTS) is 1. The lowest BCUT2D eigenvalue weighted by molar-refractivity contribution is -0.131. The van der Waals surface area contributed by atoms with E-state index in [1.807, 2.05) is 0 Å². The Morgan fingerprint density at radius 3 is 2.15 bits per heavy atom. The summed E-state index contributed by atoms with van der Waals surface area (Å²) in [5.41, 5.74) is 0.460. The summed E-state index contributed by atoms with van der Waals surface area (Å²) in [6.45, 7) is 6.63. The lowest BCUT2D eigenvalue weighted by atomic mass is 10.2. The Labute approximate surface area is 74.2 Å². The van der Waals surface area contributed by atoms with Crippen LogP contribution in [0.2, 0.25) is 0 Å². The molecule has 0 fully saturated rings. The Bertz CT molecular complexity index is 386. The molecular weight excluding hydrogens is 172 g/mol. The second-order valence-corrected chi connectivity index (χ2v) is 2.29. The van der Waals surface area contributed by atoms with Crippen LogP contribution >= 0.6 is 0 Å². The molecule has 0 saturated carbocycles. The second-order valence-electron chi connectivity index (χ2n) is 2.29. The zero-order valence-electron chi connectivity index (χ0n) is 6.52. The van der Waals surface area contributed by atoms with E-state index in [1.54, 1.807) is 0 Å². The molecule has 0 aliphatic rings. The first-order valence-electron chi connectivity index (χ1n) is 3.40. The zero-order valence-corrected chi connectivity index (χ0v) is 6.52. The van der Waals surface area contributed by atoms with E-state index < -0.39 is 11.8 Å². The summed E-state index contributed by atoms with van der Waals surface area (Å²) in [5.74, 6) is -2.45. The Morgan fingerprint density at radius 2 is 1.77 bits per heavy atom. The van der Waals surface area contributed by atoms with E-state index in [0.717, 1.165) is 0 Å². The number of benzene rings is 1. The number of carboxylic acids is 1. The fourth-order valence-electron chi connectivity index (χ4n) is 0.811. The summed E-state index contributed by atoms with van der Waals surface area (Å²) in [7, 11) is 0. The fraction of sp³-hybridized carbons (Fsp3) is 0. The van der Waals surface area contributed by atoms with Gasteiger partial charge in [0.2, 0.25) is 0 Å². The van der Waals surface area contributed by atoms with Crippen LogP contribution in [0.3, 0.4) is 0 Å². The normalized spacial score (nSPS) is 8.85. The molecule has 4 heteroatoms. The van der Waals surface area contributed by atoms with Crippen LogP contribution in [0.1, 0.15) is 10.4 Å². The number of hydrogen-bond acceptors (Lipinski definition) is 2. The number of carbonyl (C=O) groups is 2. The van der Waals surface area contributed by atoms with Crippen molar-refractivity contribution >= 4 is 17.4 Å². The summed E-state index contributed by atoms with van der Waals surface area (Å²) < 4.78 is 0. The quantitative estimate of drug-likeness (QED) is 0.322. The van der Waals surface area contributed by atoms with E-state index in [1.165, 1.54) is 24.3 Å². The standard InChI is InChI=1S/C9H5NO3/c1-10-7-4-2-6(3-5-7)8(11)9(12)13/h2-5H,(H,12,13)/i8+1,9+1. The van der Waals surface area contributed by atoms with E-state index in [9.17, 15) is 9.59 Å². The summed E-state index contributed by atoms with van der Waals surface area (Å²) in [6.07, 6.45) is 0. The highest BCUT2D eigenvalue weighted by Crippen LogP contribution is 2.12. The highest BCUT2D eigenvalue weighted by molar-refractivity contribution is 6.39. The van der Waals surface area contributed by atoms with Crippen LogP contribution in [0.5, 0.6) is 0 Å². The number of rotatable bonds is 2. The van der Waals surface area contributed by atoms with Crippen molar-refractivity contribution in [3.8, 4) is 0 Å². The number of Topliss-reactive ketones (excluding diaryl/α,β-unsaturated/α-hetero) is 1. The van der Waals surface area contributed by atoms with Crippen molar-refractivity contribution < 1.29 is 14.7 Å². The molecule has 1 aromatic carbocycles. The predicted octanol–water partition coefficient (Wildman–Crippen LogP) is 1.50. The van der Waals surface area contributed by atoms with Gasteiger partial charge < -0.3 is 5.11 Å². The van der Waals surface area contributed by atoms with Gasteiger partial charge in [-0.25, -0.2) is 9.64 Å². The smallest absolute Gasteiger partial charge is 0.377 e. The van der Waals surface area contributed by atoms with E-state index in [4.69, 9.17) is 11.7 Å². The fourth-order valence-corrected chi connectivity index (χ4v) is 0.811. The highest BCUT2D eigenvalue weighted by atomic mass is 16.5. The van der Waals surface area contributed by atoms with Gasteiger partial charge in [0.25, 0.3) is 5.78 Å². The molecular formula is C9H5NO3. The minimum absolute atomic E-state index is 0.0832. The van der Waals surface area contributed by atoms with Gasteiger partial charge in [0.15, 0.2) is 5.69 Å². The monoisotopic (exact) mass is 177 g/mol. The molecule has 0 aliphatic carbocycles. The first-order valence-corrected chi connectivity index (χ1v) is 3.40. The third-order valence-electron chi connectivity index (χ3n) is 1.45. The number of nitrogens with zero attached hydrogens (tertiary/aromatic N) is 1. The number of carbonyl (C=O) groups excluding carboxylic acids is 1. The molecule has 4 nitrogen and oxygen atoms in total. The van der Waals surface area contributed by atoms with Crippen molar-refractivity contribution in [2.24, 2.45) is 0 Å². The topological polar surface area (TPSA) is 58.7 Å². The molecule has 0 radical (unpaired) electrons. The van der Waals surface area contributed by atoms with Gasteiger partial charge in [-0.05, 0) is 0 Å². The lowest BCUT2D eigenvalue weighted by Crippen LogP contribution is -2.12. The summed E-state index contributed by atoms with van der Waals surface area (Å²) in [6, 6.07) is 5.46. The Balaban J connectivity index is 3.01. The van der Waals surface area contributed by atoms with Crippen LogP contribution in [-0.2, 0) is 4.79 Å². The maximum absolute atomic E-state index is 10.9. The van der Waals surface area contributed by atoms with Gasteiger partial charge in [0.1, 0.15) is 0 Å². The van der Waals surface area contributed by atoms with Crippen molar-refractivity contribution in [2.75, 3.05) is 0 Å². The summed E-state index contributed by atoms with van der Waals surface area (Å²) in [4.78, 5) is 24.2. The molecule has 0 amide bonds. The SMILES string of the molecule is [C-]#[N+]c1ccc([13C](=O)[13C](=O)O)cc1. The second kappa shape index (κ2) is 3.50. The maximum atomic E-state index is 10.9. The van der Waals surface area contributed by atoms with Crippen LogP contribution in [0.25, 0.3) is 4.85 Å². The molecule has 0 aliphatic heterocycles. The summed E-state index contributed by atoms with van der Waals surface area (Å²) in [5, 5.41) is 8.35. The van der Waals surface area contributed by atoms with Gasteiger partial charge in [0, 0.05) is 5.56 Å². The minimum atomic E-state index is -1.49. The van der Waals surface area contributed by atoms with Gasteiger partial charge in [-0.1, -0.05) is 24.3 Å². The largest absolute Gasteiger partial charge is 0.475 e. The molecule has 0 atom stereocenters. The molecule has 0 bridgehead atoms. The molecule has 0 aromatic heterocycles. The molecule has 1 rings (SSSR count). The van der Waals surface area contributed by atoms with E-state index in [0.29, 0.717) is 5.69 Å². The van der Waals surface area contributed by atoms with Crippen LogP contribution in [0, 0.1) is 6.57 Å². The van der Waals surface area contributed by atoms with Crippen LogP contribution in [-0.4, -0.2) is 16.9 Å². The Kier molecular flexibility index (Phi) is 2.41. The maximum Gasteiger partial charge on any atom is 0.377 e. The average molecular weight is 177 g/mol. The highest BCUT2D eigenvalue weighted by Gasteiger charge is 2.13. The number of hydrogen-bond donors (Lipinski definition) is 1. The third-order valence-corrected chi connectivity index (χ3v) is 1.45. The zero-order chi connectivity index (χ0) is 9.84. The van der Waals surface area contributed by atoms with E-state index in [2.05, 4.69) is 4.85 Å². The molecule has 0 spiro atoms. The predicted molar refractivity (Wildman–Crippen MR) is 44.7 cm³/mol. The first kappa shape index (κ1) is 8.94. The minimum Gasteiger partial charge on any atom is -0.475 e. The van der Waals surface area contributed by atoms with Crippen LogP contribution < -0.4 is 0 Å². The molecule has 13 heavy (non-hydrogen) atoms. The summed E-state index contributed by atoms with van der Waals surface area (Å²) >= 11 is 0. The molecule has 0 heterocycles. The lowest BCUT2D eigenvalue weighted by Gasteiger charge is -1.94. The van der Waals surface area contributed by atoms with Crippen molar-refractivity contribution in [2.45, 2.75) is 0 Å². The van der Waals surface area contributed by atoms with Gasteiger partial charge in [-0.15, -0.1) is 0 Å². The third kappa shape index (κ3) is 1.91. The van der Waals surface area contributed by atoms with Gasteiger partial charge in [-0.3, -0.25) is 4.79 Å². The number of aliphatic carboxylic acids is 1. The van der Waals surface area contributed by atoms with E-state index in [-0.39, 0.29) is 5.56 Å². The van der Waals surface area contributed by atoms with Crippen molar-refractivity contribution in [3.63, 3.8) is 0 Å². The number of ketones is 1. The van der Waals surface area contributed by atoms with Crippen LogP contribution in [0.4, 0.5) is 5.69 Å². The van der Waals surface area contributed by atoms with Gasteiger partial charge >= 0.3 is 5.97 Å². The van der Waals surface area contributed by atoms with Crippen molar-refractivity contribution in [3.05, 3.63) is 41.2 Å². The van der Waals surface area contributed by atoms with E-state index >= 15 is 0 Å². The molecule has 0 saturated heterocycles. The van der Waals surface area contributed by atoms with Crippen molar-refractivity contribution in [1.29, 1.82) is 0 Å². The first-order chi connectivity index (χ1) is 6.15. The van der Waals surface area contributed by atoms with Crippen LogP contribution in [0.15, 0.2) is 24.3 Å². The van der Waals surface area contributed by atoms with Gasteiger partial charge in [-0.2, -0.15) is 0 Å². The van der Waals surface area contributed by atoms with Crippen molar-refractivity contribution in [1.82, 2.24) is 0 Å². The average Bonchev–Trinajstić information content (AvgIpc) is 2.17. The molecule has 64 valence electrons. The Morgan fingerprint density at radius 1 is 1.23 bits per heavy atom. The Hall–Kier alpha value is -2.15. The molecule has 1 N–H and O–H groups in total. The molecule has 1 aromatic rings. The molecule has 0 unspecified atom stereocenters.